The van der Waals surface area contributed by atoms with Crippen LogP contribution in [-0.4, -0.2) is 19.1 Å². The fourth-order valence-electron chi connectivity index (χ4n) is 2.98. The van der Waals surface area contributed by atoms with Crippen LogP contribution in [0.5, 0.6) is 5.75 Å². The Balaban J connectivity index is 1.91. The highest BCUT2D eigenvalue weighted by molar-refractivity contribution is 7.84. The zero-order valence-electron chi connectivity index (χ0n) is 12.5. The number of rotatable bonds is 1. The molecular weight excluding hydrogens is 306 g/mol. The van der Waals surface area contributed by atoms with E-state index >= 15 is 0 Å². The second-order valence-electron chi connectivity index (χ2n) is 5.61. The van der Waals surface area contributed by atoms with Crippen molar-refractivity contribution in [3.8, 4) is 5.75 Å². The molecule has 1 aliphatic heterocycles. The summed E-state index contributed by atoms with van der Waals surface area (Å²) in [4.78, 5) is 12.8. The maximum atomic E-state index is 11.9. The van der Waals surface area contributed by atoms with E-state index in [0.29, 0.717) is 5.56 Å². The number of thiol groups is 1. The van der Waals surface area contributed by atoms with E-state index in [1.165, 1.54) is 0 Å². The lowest BCUT2D eigenvalue weighted by Crippen LogP contribution is -2.21. The van der Waals surface area contributed by atoms with Gasteiger partial charge in [-0.1, -0.05) is 18.2 Å². The van der Waals surface area contributed by atoms with E-state index in [-0.39, 0.29) is 12.0 Å². The van der Waals surface area contributed by atoms with Gasteiger partial charge in [-0.3, -0.25) is 4.79 Å². The largest absolute Gasteiger partial charge is 0.480 e. The summed E-state index contributed by atoms with van der Waals surface area (Å²) in [6.07, 6.45) is 7.97. The molecule has 0 spiro atoms. The number of hydrogen-bond acceptors (Lipinski definition) is 3. The molecule has 0 saturated carbocycles. The monoisotopic (exact) mass is 321 g/mol. The lowest BCUT2D eigenvalue weighted by molar-refractivity contribution is 0.0963. The van der Waals surface area contributed by atoms with Gasteiger partial charge in [-0.25, -0.2) is 0 Å². The zero-order chi connectivity index (χ0) is 16.0. The van der Waals surface area contributed by atoms with Crippen LogP contribution >= 0.6 is 12.6 Å². The maximum Gasteiger partial charge on any atom is 0.251 e. The molecule has 1 amide bonds. The Hall–Kier alpha value is -2.46. The minimum Gasteiger partial charge on any atom is -0.480 e. The molecule has 0 bridgehead atoms. The molecule has 4 heteroatoms. The first kappa shape index (κ1) is 14.2. The first-order valence-electron chi connectivity index (χ1n) is 7.41. The van der Waals surface area contributed by atoms with Crippen molar-refractivity contribution in [2.45, 2.75) is 6.10 Å². The summed E-state index contributed by atoms with van der Waals surface area (Å²) < 4.78 is 6.20. The highest BCUT2D eigenvalue weighted by Gasteiger charge is 2.23. The van der Waals surface area contributed by atoms with Gasteiger partial charge in [0.1, 0.15) is 11.9 Å². The summed E-state index contributed by atoms with van der Waals surface area (Å²) in [6.45, 7) is 0. The smallest absolute Gasteiger partial charge is 0.251 e. The number of carbonyl (C=O) groups excluding carboxylic acids is 1. The van der Waals surface area contributed by atoms with E-state index in [1.54, 1.807) is 7.05 Å². The van der Waals surface area contributed by atoms with Crippen LogP contribution in [0.1, 0.15) is 15.9 Å². The summed E-state index contributed by atoms with van der Waals surface area (Å²) >= 11 is 4.39. The minimum atomic E-state index is -0.104. The average molecular weight is 321 g/mol. The van der Waals surface area contributed by atoms with Gasteiger partial charge in [-0.15, -0.1) is 12.6 Å². The molecule has 2 aromatic carbocycles. The van der Waals surface area contributed by atoms with Crippen molar-refractivity contribution < 1.29 is 9.53 Å². The van der Waals surface area contributed by atoms with Crippen LogP contribution in [-0.2, 0) is 0 Å². The second kappa shape index (κ2) is 5.32. The number of hydrogen-bond donors (Lipinski definition) is 2. The fraction of sp³-hybridized carbons (Fsp3) is 0.105. The molecule has 0 fully saturated rings. The lowest BCUT2D eigenvalue weighted by atomic mass is 9.95. The molecule has 1 atom stereocenters. The van der Waals surface area contributed by atoms with E-state index < -0.39 is 0 Å². The summed E-state index contributed by atoms with van der Waals surface area (Å²) in [5.41, 5.74) is 2.74. The van der Waals surface area contributed by atoms with E-state index in [1.807, 2.05) is 48.6 Å². The van der Waals surface area contributed by atoms with E-state index in [9.17, 15) is 4.79 Å². The van der Waals surface area contributed by atoms with Crippen LogP contribution in [0.25, 0.3) is 16.8 Å². The van der Waals surface area contributed by atoms with Crippen LogP contribution in [0.3, 0.4) is 0 Å². The van der Waals surface area contributed by atoms with Gasteiger partial charge in [-0.05, 0) is 47.4 Å². The van der Waals surface area contributed by atoms with Crippen molar-refractivity contribution in [2.24, 2.45) is 0 Å². The summed E-state index contributed by atoms with van der Waals surface area (Å²) in [7, 11) is 1.63. The highest BCUT2D eigenvalue weighted by Crippen LogP contribution is 2.39. The van der Waals surface area contributed by atoms with Gasteiger partial charge in [0.05, 0.1) is 0 Å². The first-order chi connectivity index (χ1) is 11.2. The Bertz CT molecular complexity index is 924. The number of benzene rings is 2. The highest BCUT2D eigenvalue weighted by atomic mass is 32.1. The molecule has 1 heterocycles. The fourth-order valence-corrected chi connectivity index (χ4v) is 3.21. The molecule has 1 unspecified atom stereocenters. The molecule has 2 aliphatic rings. The van der Waals surface area contributed by atoms with Gasteiger partial charge < -0.3 is 10.1 Å². The molecule has 114 valence electrons. The van der Waals surface area contributed by atoms with E-state index in [4.69, 9.17) is 4.74 Å². The number of carbonyl (C=O) groups is 1. The zero-order valence-corrected chi connectivity index (χ0v) is 13.4. The molecule has 0 saturated heterocycles. The molecule has 0 radical (unpaired) electrons. The predicted molar refractivity (Wildman–Crippen MR) is 95.9 cm³/mol. The summed E-state index contributed by atoms with van der Waals surface area (Å²) in [5, 5.41) is 4.66. The van der Waals surface area contributed by atoms with E-state index in [2.05, 4.69) is 24.0 Å². The third-order valence-electron chi connectivity index (χ3n) is 4.14. The Morgan fingerprint density at radius 3 is 2.87 bits per heavy atom. The number of nitrogens with one attached hydrogen (secondary N) is 1. The second-order valence-corrected chi connectivity index (χ2v) is 6.13. The first-order valence-corrected chi connectivity index (χ1v) is 7.86. The standard InChI is InChI=1S/C19H15NO2S/c1-20-19(21)13-5-3-11-2-4-12-8-14-9-15(23)6-7-17(14)22-18(12)16(11)10-13/h2-10,17,23H,1H3,(H,20,21). The minimum absolute atomic E-state index is 0.100. The number of amides is 1. The van der Waals surface area contributed by atoms with Gasteiger partial charge in [0.2, 0.25) is 0 Å². The summed E-state index contributed by atoms with van der Waals surface area (Å²) in [5.74, 6) is 0.722. The SMILES string of the molecule is CNC(=O)c1ccc2ccc3c(c2c1)OC1C=CC(S)=CC1=C3. The van der Waals surface area contributed by atoms with E-state index in [0.717, 1.165) is 32.6 Å². The third kappa shape index (κ3) is 2.35. The van der Waals surface area contributed by atoms with Crippen LogP contribution in [0.15, 0.2) is 59.0 Å². The molecule has 4 rings (SSSR count). The molecule has 3 nitrogen and oxygen atoms in total. The third-order valence-corrected chi connectivity index (χ3v) is 4.42. The van der Waals surface area contributed by atoms with Crippen LogP contribution in [0.2, 0.25) is 0 Å². The van der Waals surface area contributed by atoms with Gasteiger partial charge in [-0.2, -0.15) is 0 Å². The van der Waals surface area contributed by atoms with Gasteiger partial charge in [0.25, 0.3) is 5.91 Å². The van der Waals surface area contributed by atoms with Crippen LogP contribution in [0.4, 0.5) is 0 Å². The number of allylic oxidation sites excluding steroid dienone is 1. The van der Waals surface area contributed by atoms with Gasteiger partial charge in [0.15, 0.2) is 0 Å². The maximum absolute atomic E-state index is 11.9. The van der Waals surface area contributed by atoms with Gasteiger partial charge >= 0.3 is 0 Å². The molecule has 0 aromatic heterocycles. The molecule has 1 N–H and O–H groups in total. The molecule has 23 heavy (non-hydrogen) atoms. The van der Waals surface area contributed by atoms with Crippen LogP contribution < -0.4 is 10.1 Å². The summed E-state index contributed by atoms with van der Waals surface area (Å²) in [6, 6.07) is 9.76. The molecule has 1 aliphatic carbocycles. The van der Waals surface area contributed by atoms with Crippen molar-refractivity contribution in [1.29, 1.82) is 0 Å². The van der Waals surface area contributed by atoms with Crippen molar-refractivity contribution >= 4 is 35.4 Å². The lowest BCUT2D eigenvalue weighted by Gasteiger charge is -2.27. The average Bonchev–Trinajstić information content (AvgIpc) is 2.58. The van der Waals surface area contributed by atoms with Crippen molar-refractivity contribution in [3.05, 3.63) is 70.2 Å². The Morgan fingerprint density at radius 2 is 2.04 bits per heavy atom. The predicted octanol–water partition coefficient (Wildman–Crippen LogP) is 3.73. The topological polar surface area (TPSA) is 38.3 Å². The van der Waals surface area contributed by atoms with Crippen molar-refractivity contribution in [1.82, 2.24) is 5.32 Å². The quantitative estimate of drug-likeness (QED) is 0.786. The Morgan fingerprint density at radius 1 is 1.22 bits per heavy atom. The Labute approximate surface area is 139 Å². The normalized spacial score (nSPS) is 18.4. The van der Waals surface area contributed by atoms with Crippen molar-refractivity contribution in [3.63, 3.8) is 0 Å². The number of ether oxygens (including phenoxy) is 1. The number of fused-ring (bicyclic) bond motifs is 4. The molecular formula is C19H15NO2S. The molecule has 2 aromatic rings. The van der Waals surface area contributed by atoms with Gasteiger partial charge in [0, 0.05) is 28.5 Å². The Kier molecular flexibility index (Phi) is 3.27. The van der Waals surface area contributed by atoms with Crippen LogP contribution in [0, 0.1) is 0 Å². The van der Waals surface area contributed by atoms with Crippen molar-refractivity contribution in [2.75, 3.05) is 7.05 Å².